The third-order valence-corrected chi connectivity index (χ3v) is 4.12. The molecule has 0 amide bonds. The standard InChI is InChI=1S/C21H23FN4O/c1-15-13-20(24-14-16-7-9-18(27-2)10-8-16)26-21(25-15)23-12-11-17-5-3-4-6-19(17)22/h3-10,13H,11-12,14H2,1-2H3,(H2,23,24,25,26). The Balaban J connectivity index is 1.57. The minimum atomic E-state index is -0.189. The number of hydrogen-bond donors (Lipinski definition) is 2. The molecule has 1 heterocycles. The molecule has 0 aliphatic rings. The van der Waals surface area contributed by atoms with Crippen LogP contribution in [-0.4, -0.2) is 23.6 Å². The SMILES string of the molecule is COc1ccc(CNc2cc(C)nc(NCCc3ccccc3F)n2)cc1. The van der Waals surface area contributed by atoms with Crippen LogP contribution in [0.5, 0.6) is 5.75 Å². The fourth-order valence-corrected chi connectivity index (χ4v) is 2.68. The van der Waals surface area contributed by atoms with Crippen LogP contribution in [0.2, 0.25) is 0 Å². The van der Waals surface area contributed by atoms with E-state index in [0.29, 0.717) is 31.0 Å². The number of hydrogen-bond acceptors (Lipinski definition) is 5. The van der Waals surface area contributed by atoms with Crippen molar-refractivity contribution in [2.45, 2.75) is 19.9 Å². The molecule has 0 unspecified atom stereocenters. The minimum Gasteiger partial charge on any atom is -0.497 e. The van der Waals surface area contributed by atoms with Gasteiger partial charge in [-0.1, -0.05) is 30.3 Å². The molecule has 2 aromatic carbocycles. The second kappa shape index (κ2) is 8.98. The summed E-state index contributed by atoms with van der Waals surface area (Å²) < 4.78 is 18.8. The maximum absolute atomic E-state index is 13.7. The van der Waals surface area contributed by atoms with Gasteiger partial charge in [0.15, 0.2) is 0 Å². The first-order chi connectivity index (χ1) is 13.1. The summed E-state index contributed by atoms with van der Waals surface area (Å²) in [5, 5.41) is 6.47. The Labute approximate surface area is 158 Å². The number of aryl methyl sites for hydroxylation is 1. The van der Waals surface area contributed by atoms with Crippen LogP contribution in [0.3, 0.4) is 0 Å². The van der Waals surface area contributed by atoms with E-state index in [2.05, 4.69) is 20.6 Å². The van der Waals surface area contributed by atoms with Gasteiger partial charge in [0, 0.05) is 24.8 Å². The van der Waals surface area contributed by atoms with E-state index in [1.807, 2.05) is 43.3 Å². The van der Waals surface area contributed by atoms with Crippen LogP contribution >= 0.6 is 0 Å². The van der Waals surface area contributed by atoms with E-state index >= 15 is 0 Å². The summed E-state index contributed by atoms with van der Waals surface area (Å²) in [4.78, 5) is 8.88. The molecular formula is C21H23FN4O. The van der Waals surface area contributed by atoms with Crippen molar-refractivity contribution in [1.82, 2.24) is 9.97 Å². The van der Waals surface area contributed by atoms with E-state index in [9.17, 15) is 4.39 Å². The molecule has 6 heteroatoms. The monoisotopic (exact) mass is 366 g/mol. The predicted molar refractivity (Wildman–Crippen MR) is 106 cm³/mol. The van der Waals surface area contributed by atoms with E-state index < -0.39 is 0 Å². The molecule has 3 rings (SSSR count). The lowest BCUT2D eigenvalue weighted by Crippen LogP contribution is -2.11. The van der Waals surface area contributed by atoms with Gasteiger partial charge in [-0.2, -0.15) is 4.98 Å². The van der Waals surface area contributed by atoms with Crippen molar-refractivity contribution < 1.29 is 9.13 Å². The molecule has 0 radical (unpaired) electrons. The lowest BCUT2D eigenvalue weighted by Gasteiger charge is -2.10. The number of halogens is 1. The first-order valence-corrected chi connectivity index (χ1v) is 8.84. The summed E-state index contributed by atoms with van der Waals surface area (Å²) in [5.74, 6) is 1.92. The average Bonchev–Trinajstić information content (AvgIpc) is 2.68. The number of nitrogens with zero attached hydrogens (tertiary/aromatic N) is 2. The molecule has 0 saturated heterocycles. The first kappa shape index (κ1) is 18.6. The first-order valence-electron chi connectivity index (χ1n) is 8.84. The normalized spacial score (nSPS) is 10.5. The van der Waals surface area contributed by atoms with Crippen LogP contribution in [0.1, 0.15) is 16.8 Å². The van der Waals surface area contributed by atoms with Crippen molar-refractivity contribution in [3.8, 4) is 5.75 Å². The third kappa shape index (κ3) is 5.41. The van der Waals surface area contributed by atoms with Crippen LogP contribution in [-0.2, 0) is 13.0 Å². The summed E-state index contributed by atoms with van der Waals surface area (Å²) in [6.45, 7) is 3.12. The number of ether oxygens (including phenoxy) is 1. The summed E-state index contributed by atoms with van der Waals surface area (Å²) in [6.07, 6.45) is 0.568. The molecule has 0 spiro atoms. The molecule has 0 aliphatic heterocycles. The summed E-state index contributed by atoms with van der Waals surface area (Å²) >= 11 is 0. The Morgan fingerprint density at radius 2 is 1.78 bits per heavy atom. The van der Waals surface area contributed by atoms with Gasteiger partial charge in [0.25, 0.3) is 0 Å². The fourth-order valence-electron chi connectivity index (χ4n) is 2.68. The maximum Gasteiger partial charge on any atom is 0.224 e. The van der Waals surface area contributed by atoms with Crippen molar-refractivity contribution in [2.75, 3.05) is 24.3 Å². The number of aromatic nitrogens is 2. The maximum atomic E-state index is 13.7. The molecule has 0 fully saturated rings. The molecule has 1 aromatic heterocycles. The topological polar surface area (TPSA) is 59.1 Å². The molecule has 140 valence electrons. The van der Waals surface area contributed by atoms with Crippen LogP contribution in [0.4, 0.5) is 16.2 Å². The zero-order valence-electron chi connectivity index (χ0n) is 15.5. The van der Waals surface area contributed by atoms with Gasteiger partial charge < -0.3 is 15.4 Å². The Morgan fingerprint density at radius 3 is 2.52 bits per heavy atom. The van der Waals surface area contributed by atoms with Crippen molar-refractivity contribution >= 4 is 11.8 Å². The van der Waals surface area contributed by atoms with Gasteiger partial charge >= 0.3 is 0 Å². The average molecular weight is 366 g/mol. The molecule has 3 aromatic rings. The van der Waals surface area contributed by atoms with Gasteiger partial charge in [0.1, 0.15) is 17.4 Å². The molecule has 5 nitrogen and oxygen atoms in total. The highest BCUT2D eigenvalue weighted by atomic mass is 19.1. The highest BCUT2D eigenvalue weighted by molar-refractivity contribution is 5.43. The number of nitrogens with one attached hydrogen (secondary N) is 2. The molecule has 27 heavy (non-hydrogen) atoms. The van der Waals surface area contributed by atoms with Crippen LogP contribution in [0, 0.1) is 12.7 Å². The predicted octanol–water partition coefficient (Wildman–Crippen LogP) is 4.20. The van der Waals surface area contributed by atoms with E-state index in [1.54, 1.807) is 19.2 Å². The zero-order valence-corrected chi connectivity index (χ0v) is 15.5. The summed E-state index contributed by atoms with van der Waals surface area (Å²) in [7, 11) is 1.65. The van der Waals surface area contributed by atoms with Crippen molar-refractivity contribution in [3.63, 3.8) is 0 Å². The Bertz CT molecular complexity index is 884. The van der Waals surface area contributed by atoms with E-state index in [4.69, 9.17) is 4.74 Å². The fraction of sp³-hybridized carbons (Fsp3) is 0.238. The lowest BCUT2D eigenvalue weighted by atomic mass is 10.1. The van der Waals surface area contributed by atoms with Crippen LogP contribution in [0.15, 0.2) is 54.6 Å². The second-order valence-electron chi connectivity index (χ2n) is 6.19. The van der Waals surface area contributed by atoms with Crippen molar-refractivity contribution in [3.05, 3.63) is 77.2 Å². The minimum absolute atomic E-state index is 0.189. The summed E-state index contributed by atoms with van der Waals surface area (Å²) in [5.41, 5.74) is 2.66. The lowest BCUT2D eigenvalue weighted by molar-refractivity contribution is 0.414. The van der Waals surface area contributed by atoms with Gasteiger partial charge in [0.2, 0.25) is 5.95 Å². The third-order valence-electron chi connectivity index (χ3n) is 4.12. The van der Waals surface area contributed by atoms with Gasteiger partial charge in [-0.05, 0) is 42.7 Å². The number of rotatable bonds is 8. The van der Waals surface area contributed by atoms with Gasteiger partial charge in [-0.25, -0.2) is 9.37 Å². The van der Waals surface area contributed by atoms with E-state index in [1.165, 1.54) is 6.07 Å². The Hall–Kier alpha value is -3.15. The Kier molecular flexibility index (Phi) is 6.20. The van der Waals surface area contributed by atoms with Crippen molar-refractivity contribution in [2.24, 2.45) is 0 Å². The molecule has 0 aliphatic carbocycles. The highest BCUT2D eigenvalue weighted by Gasteiger charge is 2.04. The zero-order chi connectivity index (χ0) is 19.1. The molecule has 2 N–H and O–H groups in total. The van der Waals surface area contributed by atoms with Crippen molar-refractivity contribution in [1.29, 1.82) is 0 Å². The number of benzene rings is 2. The van der Waals surface area contributed by atoms with Crippen LogP contribution in [0.25, 0.3) is 0 Å². The smallest absolute Gasteiger partial charge is 0.224 e. The highest BCUT2D eigenvalue weighted by Crippen LogP contribution is 2.15. The van der Waals surface area contributed by atoms with E-state index in [-0.39, 0.29) is 5.82 Å². The van der Waals surface area contributed by atoms with Gasteiger partial charge in [-0.3, -0.25) is 0 Å². The molecular weight excluding hydrogens is 343 g/mol. The number of anilines is 2. The quantitative estimate of drug-likeness (QED) is 0.626. The summed E-state index contributed by atoms with van der Waals surface area (Å²) in [6, 6.07) is 16.6. The van der Waals surface area contributed by atoms with Gasteiger partial charge in [-0.15, -0.1) is 0 Å². The molecule has 0 bridgehead atoms. The second-order valence-corrected chi connectivity index (χ2v) is 6.19. The van der Waals surface area contributed by atoms with Crippen LogP contribution < -0.4 is 15.4 Å². The number of methoxy groups -OCH3 is 1. The molecule has 0 atom stereocenters. The Morgan fingerprint density at radius 1 is 1.00 bits per heavy atom. The molecule has 0 saturated carbocycles. The van der Waals surface area contributed by atoms with Gasteiger partial charge in [0.05, 0.1) is 7.11 Å². The largest absolute Gasteiger partial charge is 0.497 e. The van der Waals surface area contributed by atoms with E-state index in [0.717, 1.165) is 22.8 Å².